The van der Waals surface area contributed by atoms with Crippen molar-refractivity contribution in [2.24, 2.45) is 0 Å². The lowest BCUT2D eigenvalue weighted by Crippen LogP contribution is -2.22. The third kappa shape index (κ3) is 1.77. The zero-order valence-electron chi connectivity index (χ0n) is 8.04. The molecule has 1 aliphatic heterocycles. The second-order valence-electron chi connectivity index (χ2n) is 3.43. The van der Waals surface area contributed by atoms with E-state index < -0.39 is 0 Å². The summed E-state index contributed by atoms with van der Waals surface area (Å²) in [6.45, 7) is 0. The van der Waals surface area contributed by atoms with Gasteiger partial charge >= 0.3 is 0 Å². The smallest absolute Gasteiger partial charge is 0.226 e. The molecule has 2 N–H and O–H groups in total. The average molecular weight is 211 g/mol. The Kier molecular flexibility index (Phi) is 2.77. The van der Waals surface area contributed by atoms with Crippen molar-refractivity contribution in [2.75, 3.05) is 17.3 Å². The van der Waals surface area contributed by atoms with Crippen LogP contribution in [0.5, 0.6) is 0 Å². The van der Waals surface area contributed by atoms with E-state index in [0.717, 1.165) is 23.6 Å². The number of rotatable bonds is 3. The van der Waals surface area contributed by atoms with Crippen LogP contribution < -0.4 is 5.32 Å². The summed E-state index contributed by atoms with van der Waals surface area (Å²) in [6.07, 6.45) is 5.53. The zero-order chi connectivity index (χ0) is 9.97. The molecular formula is C9H13N3OS. The summed E-state index contributed by atoms with van der Waals surface area (Å²) >= 11 is 1.81. The molecule has 14 heavy (non-hydrogen) atoms. The summed E-state index contributed by atoms with van der Waals surface area (Å²) in [5.74, 6) is 2.30. The summed E-state index contributed by atoms with van der Waals surface area (Å²) in [6, 6.07) is 0. The molecule has 0 radical (unpaired) electrons. The van der Waals surface area contributed by atoms with Gasteiger partial charge in [-0.2, -0.15) is 16.9 Å². The van der Waals surface area contributed by atoms with Crippen molar-refractivity contribution in [2.45, 2.75) is 18.8 Å². The Balaban J connectivity index is 2.15. The second-order valence-corrected chi connectivity index (χ2v) is 4.42. The number of H-pyrrole nitrogens is 1. The number of aromatic amines is 1. The van der Waals surface area contributed by atoms with E-state index in [2.05, 4.69) is 21.8 Å². The predicted molar refractivity (Wildman–Crippen MR) is 57.6 cm³/mol. The lowest BCUT2D eigenvalue weighted by molar-refractivity contribution is -0.116. The summed E-state index contributed by atoms with van der Waals surface area (Å²) < 4.78 is 0. The molecule has 0 aromatic carbocycles. The fraction of sp³-hybridized carbons (Fsp3) is 0.556. The van der Waals surface area contributed by atoms with E-state index in [1.165, 1.54) is 0 Å². The highest BCUT2D eigenvalue weighted by Crippen LogP contribution is 2.33. The van der Waals surface area contributed by atoms with Gasteiger partial charge in [-0.1, -0.05) is 0 Å². The molecule has 0 fully saturated rings. The molecule has 4 nitrogen and oxygen atoms in total. The summed E-state index contributed by atoms with van der Waals surface area (Å²) in [5, 5.41) is 9.54. The maximum atomic E-state index is 11.3. The molecule has 0 saturated carbocycles. The van der Waals surface area contributed by atoms with Gasteiger partial charge in [-0.05, 0) is 24.3 Å². The first-order valence-corrected chi connectivity index (χ1v) is 6.02. The predicted octanol–water partition coefficient (Wildman–Crippen LogP) is 1.59. The van der Waals surface area contributed by atoms with E-state index in [9.17, 15) is 4.79 Å². The van der Waals surface area contributed by atoms with Crippen LogP contribution in [0.25, 0.3) is 0 Å². The standard InChI is InChI=1S/C9H13N3OS/c1-14-3-2-6-4-8(13)11-9-7(6)5-10-12-9/h5-6H,2-4H2,1H3,(H2,10,11,12,13)/t6-/m0/s1. The Morgan fingerprint density at radius 3 is 3.36 bits per heavy atom. The van der Waals surface area contributed by atoms with Crippen molar-refractivity contribution in [3.63, 3.8) is 0 Å². The fourth-order valence-electron chi connectivity index (χ4n) is 1.75. The SMILES string of the molecule is CSCC[C@H]1CC(=O)Nc2[nH]ncc21. The highest BCUT2D eigenvalue weighted by molar-refractivity contribution is 7.98. The number of nitrogens with one attached hydrogen (secondary N) is 2. The van der Waals surface area contributed by atoms with Gasteiger partial charge in [-0.15, -0.1) is 0 Å². The first-order valence-electron chi connectivity index (χ1n) is 4.63. The highest BCUT2D eigenvalue weighted by atomic mass is 32.2. The monoisotopic (exact) mass is 211 g/mol. The minimum absolute atomic E-state index is 0.0906. The molecule has 0 bridgehead atoms. The van der Waals surface area contributed by atoms with Crippen LogP contribution in [-0.2, 0) is 4.79 Å². The molecule has 2 heterocycles. The van der Waals surface area contributed by atoms with Gasteiger partial charge in [0.2, 0.25) is 5.91 Å². The first kappa shape index (κ1) is 9.58. The van der Waals surface area contributed by atoms with Crippen LogP contribution in [0, 0.1) is 0 Å². The summed E-state index contributed by atoms with van der Waals surface area (Å²) in [4.78, 5) is 11.3. The van der Waals surface area contributed by atoms with Gasteiger partial charge in [0.05, 0.1) is 6.20 Å². The number of fused-ring (bicyclic) bond motifs is 1. The highest BCUT2D eigenvalue weighted by Gasteiger charge is 2.25. The van der Waals surface area contributed by atoms with Gasteiger partial charge in [0, 0.05) is 12.0 Å². The normalized spacial score (nSPS) is 20.4. The lowest BCUT2D eigenvalue weighted by Gasteiger charge is -2.21. The van der Waals surface area contributed by atoms with Gasteiger partial charge in [0.1, 0.15) is 5.82 Å². The number of carbonyl (C=O) groups excluding carboxylic acids is 1. The van der Waals surface area contributed by atoms with Gasteiger partial charge in [-0.25, -0.2) is 0 Å². The lowest BCUT2D eigenvalue weighted by atomic mass is 9.92. The Hall–Kier alpha value is -0.970. The van der Waals surface area contributed by atoms with Crippen molar-refractivity contribution >= 4 is 23.5 Å². The van der Waals surface area contributed by atoms with Crippen LogP contribution in [0.3, 0.4) is 0 Å². The number of anilines is 1. The molecule has 1 aromatic rings. The average Bonchev–Trinajstić information content (AvgIpc) is 2.61. The van der Waals surface area contributed by atoms with E-state index in [1.807, 2.05) is 18.0 Å². The minimum atomic E-state index is 0.0906. The largest absolute Gasteiger partial charge is 0.311 e. The molecule has 0 spiro atoms. The van der Waals surface area contributed by atoms with Crippen LogP contribution in [0.1, 0.15) is 24.3 Å². The van der Waals surface area contributed by atoms with Crippen molar-refractivity contribution in [3.05, 3.63) is 11.8 Å². The molecular weight excluding hydrogens is 198 g/mol. The van der Waals surface area contributed by atoms with Gasteiger partial charge in [0.15, 0.2) is 0 Å². The number of thioether (sulfide) groups is 1. The molecule has 1 aliphatic rings. The number of hydrogen-bond donors (Lipinski definition) is 2. The van der Waals surface area contributed by atoms with Crippen LogP contribution in [0.15, 0.2) is 6.20 Å². The molecule has 0 aliphatic carbocycles. The number of carbonyl (C=O) groups is 1. The van der Waals surface area contributed by atoms with Crippen molar-refractivity contribution in [3.8, 4) is 0 Å². The van der Waals surface area contributed by atoms with Crippen molar-refractivity contribution in [1.82, 2.24) is 10.2 Å². The number of nitrogens with zero attached hydrogens (tertiary/aromatic N) is 1. The van der Waals surface area contributed by atoms with Crippen molar-refractivity contribution < 1.29 is 4.79 Å². The molecule has 5 heteroatoms. The second kappa shape index (κ2) is 4.04. The van der Waals surface area contributed by atoms with Crippen molar-refractivity contribution in [1.29, 1.82) is 0 Å². The maximum Gasteiger partial charge on any atom is 0.226 e. The topological polar surface area (TPSA) is 57.8 Å². The third-order valence-electron chi connectivity index (χ3n) is 2.48. The Morgan fingerprint density at radius 2 is 2.57 bits per heavy atom. The Labute approximate surface area is 86.8 Å². The quantitative estimate of drug-likeness (QED) is 0.798. The molecule has 2 rings (SSSR count). The van der Waals surface area contributed by atoms with Gasteiger partial charge in [0.25, 0.3) is 0 Å². The van der Waals surface area contributed by atoms with Crippen LogP contribution in [0.2, 0.25) is 0 Å². The first-order chi connectivity index (χ1) is 6.81. The molecule has 1 atom stereocenters. The molecule has 0 saturated heterocycles. The summed E-state index contributed by atoms with van der Waals surface area (Å²) in [7, 11) is 0. The number of hydrogen-bond acceptors (Lipinski definition) is 3. The number of amides is 1. The molecule has 0 unspecified atom stereocenters. The van der Waals surface area contributed by atoms with Gasteiger partial charge in [-0.3, -0.25) is 9.89 Å². The molecule has 1 aromatic heterocycles. The van der Waals surface area contributed by atoms with E-state index in [1.54, 1.807) is 0 Å². The molecule has 1 amide bonds. The van der Waals surface area contributed by atoms with Gasteiger partial charge < -0.3 is 5.32 Å². The minimum Gasteiger partial charge on any atom is -0.311 e. The Morgan fingerprint density at radius 1 is 1.71 bits per heavy atom. The van der Waals surface area contributed by atoms with E-state index in [0.29, 0.717) is 12.3 Å². The zero-order valence-corrected chi connectivity index (χ0v) is 8.86. The summed E-state index contributed by atoms with van der Waals surface area (Å²) in [5.41, 5.74) is 1.15. The molecule has 76 valence electrons. The van der Waals surface area contributed by atoms with E-state index in [-0.39, 0.29) is 5.91 Å². The number of aromatic nitrogens is 2. The third-order valence-corrected chi connectivity index (χ3v) is 3.12. The van der Waals surface area contributed by atoms with Crippen LogP contribution >= 0.6 is 11.8 Å². The fourth-order valence-corrected chi connectivity index (χ4v) is 2.27. The van der Waals surface area contributed by atoms with Crippen LogP contribution in [0.4, 0.5) is 5.82 Å². The van der Waals surface area contributed by atoms with E-state index >= 15 is 0 Å². The van der Waals surface area contributed by atoms with Crippen LogP contribution in [-0.4, -0.2) is 28.1 Å². The maximum absolute atomic E-state index is 11.3. The Bertz CT molecular complexity index is 337. The van der Waals surface area contributed by atoms with E-state index in [4.69, 9.17) is 0 Å².